The lowest BCUT2D eigenvalue weighted by atomic mass is 10.0. The molecule has 1 heteroatoms. The summed E-state index contributed by atoms with van der Waals surface area (Å²) in [6, 6.07) is 0. The van der Waals surface area contributed by atoms with Gasteiger partial charge in [0.15, 0.2) is 0 Å². The van der Waals surface area contributed by atoms with E-state index in [2.05, 4.69) is 6.92 Å². The molecule has 2 unspecified atom stereocenters. The first kappa shape index (κ1) is 9.96. The van der Waals surface area contributed by atoms with E-state index in [0.29, 0.717) is 0 Å². The van der Waals surface area contributed by atoms with Gasteiger partial charge in [0.25, 0.3) is 0 Å². The maximum Gasteiger partial charge on any atom is 0.0622 e. The second-order valence-corrected chi connectivity index (χ2v) is 3.34. The molecule has 0 saturated heterocycles. The molecule has 62 valence electrons. The summed E-state index contributed by atoms with van der Waals surface area (Å²) in [6.07, 6.45) is 3.19. The van der Waals surface area contributed by atoms with E-state index in [1.54, 1.807) is 0 Å². The zero-order valence-electron chi connectivity index (χ0n) is 7.65. The van der Waals surface area contributed by atoms with Crippen LogP contribution < -0.4 is 0 Å². The lowest BCUT2D eigenvalue weighted by Crippen LogP contribution is -2.18. The number of hydrogen-bond donors (Lipinski definition) is 1. The Labute approximate surface area is 64.5 Å². The Hall–Kier alpha value is -0.0400. The van der Waals surface area contributed by atoms with E-state index in [1.165, 1.54) is 6.42 Å². The summed E-state index contributed by atoms with van der Waals surface area (Å²) >= 11 is 0. The van der Waals surface area contributed by atoms with Gasteiger partial charge in [-0.05, 0) is 32.1 Å². The first-order valence-electron chi connectivity index (χ1n) is 4.32. The number of hydrogen-bond acceptors (Lipinski definition) is 1. The molecule has 2 atom stereocenters. The fraction of sp³-hybridized carbons (Fsp3) is 1.00. The zero-order valence-corrected chi connectivity index (χ0v) is 7.65. The molecule has 0 spiro atoms. The topological polar surface area (TPSA) is 20.2 Å². The van der Waals surface area contributed by atoms with E-state index < -0.39 is 0 Å². The standard InChI is InChI=1S/C7H14O.C2H6/c1-6-3-4-7(2,8)5-6;1-2/h6,8H,3-5H2,1-2H3;1-2H3. The Morgan fingerprint density at radius 3 is 2.00 bits per heavy atom. The predicted molar refractivity (Wildman–Crippen MR) is 45.0 cm³/mol. The average molecular weight is 144 g/mol. The Bertz CT molecular complexity index is 86.7. The molecule has 1 fully saturated rings. The molecule has 10 heavy (non-hydrogen) atoms. The second-order valence-electron chi connectivity index (χ2n) is 3.34. The number of aliphatic hydroxyl groups is 1. The minimum atomic E-state index is -0.334. The minimum Gasteiger partial charge on any atom is -0.390 e. The summed E-state index contributed by atoms with van der Waals surface area (Å²) in [4.78, 5) is 0. The molecule has 0 amide bonds. The van der Waals surface area contributed by atoms with Crippen molar-refractivity contribution in [2.24, 2.45) is 5.92 Å². The third-order valence-corrected chi connectivity index (χ3v) is 1.96. The van der Waals surface area contributed by atoms with Crippen molar-refractivity contribution in [3.05, 3.63) is 0 Å². The Kier molecular flexibility index (Phi) is 3.95. The molecule has 1 aliphatic rings. The van der Waals surface area contributed by atoms with Gasteiger partial charge in [-0.3, -0.25) is 0 Å². The maximum absolute atomic E-state index is 9.36. The Morgan fingerprint density at radius 2 is 1.90 bits per heavy atom. The summed E-state index contributed by atoms with van der Waals surface area (Å²) in [5.41, 5.74) is -0.334. The second kappa shape index (κ2) is 3.97. The van der Waals surface area contributed by atoms with E-state index in [9.17, 15) is 5.11 Å². The summed E-state index contributed by atoms with van der Waals surface area (Å²) in [7, 11) is 0. The summed E-state index contributed by atoms with van der Waals surface area (Å²) < 4.78 is 0. The monoisotopic (exact) mass is 144 g/mol. The largest absolute Gasteiger partial charge is 0.390 e. The van der Waals surface area contributed by atoms with Gasteiger partial charge in [-0.25, -0.2) is 0 Å². The van der Waals surface area contributed by atoms with E-state index in [0.717, 1.165) is 18.8 Å². The molecule has 1 nitrogen and oxygen atoms in total. The molecule has 0 aliphatic heterocycles. The van der Waals surface area contributed by atoms with Crippen LogP contribution in [0.15, 0.2) is 0 Å². The van der Waals surface area contributed by atoms with Crippen LogP contribution in [-0.2, 0) is 0 Å². The van der Waals surface area contributed by atoms with Gasteiger partial charge in [-0.1, -0.05) is 20.8 Å². The van der Waals surface area contributed by atoms with Crippen LogP contribution in [0.5, 0.6) is 0 Å². The molecule has 0 aromatic rings. The van der Waals surface area contributed by atoms with Crippen LogP contribution in [0.25, 0.3) is 0 Å². The summed E-state index contributed by atoms with van der Waals surface area (Å²) in [6.45, 7) is 8.12. The van der Waals surface area contributed by atoms with Gasteiger partial charge in [-0.15, -0.1) is 0 Å². The SMILES string of the molecule is CC.CC1CCC(C)(O)C1. The highest BCUT2D eigenvalue weighted by molar-refractivity contribution is 4.82. The molecule has 1 rings (SSSR count). The van der Waals surface area contributed by atoms with Gasteiger partial charge in [0.2, 0.25) is 0 Å². The first-order valence-corrected chi connectivity index (χ1v) is 4.32. The fourth-order valence-electron chi connectivity index (χ4n) is 1.51. The van der Waals surface area contributed by atoms with Crippen LogP contribution in [0.3, 0.4) is 0 Å². The van der Waals surface area contributed by atoms with Crippen LogP contribution in [0, 0.1) is 5.92 Å². The van der Waals surface area contributed by atoms with Gasteiger partial charge >= 0.3 is 0 Å². The summed E-state index contributed by atoms with van der Waals surface area (Å²) in [5.74, 6) is 0.741. The highest BCUT2D eigenvalue weighted by Gasteiger charge is 2.29. The normalized spacial score (nSPS) is 38.7. The first-order chi connectivity index (χ1) is 4.60. The quantitative estimate of drug-likeness (QED) is 0.554. The molecule has 1 aliphatic carbocycles. The van der Waals surface area contributed by atoms with E-state index in [1.807, 2.05) is 20.8 Å². The lowest BCUT2D eigenvalue weighted by Gasteiger charge is -2.13. The fourth-order valence-corrected chi connectivity index (χ4v) is 1.51. The van der Waals surface area contributed by atoms with Gasteiger partial charge in [0, 0.05) is 0 Å². The van der Waals surface area contributed by atoms with E-state index in [-0.39, 0.29) is 5.60 Å². The van der Waals surface area contributed by atoms with Crippen LogP contribution in [0.1, 0.15) is 47.0 Å². The van der Waals surface area contributed by atoms with Crippen molar-refractivity contribution in [3.8, 4) is 0 Å². The van der Waals surface area contributed by atoms with Gasteiger partial charge in [0.05, 0.1) is 5.60 Å². The number of rotatable bonds is 0. The third kappa shape index (κ3) is 3.21. The molecule has 0 aromatic heterocycles. The maximum atomic E-state index is 9.36. The smallest absolute Gasteiger partial charge is 0.0622 e. The van der Waals surface area contributed by atoms with Gasteiger partial charge in [-0.2, -0.15) is 0 Å². The predicted octanol–water partition coefficient (Wildman–Crippen LogP) is 2.58. The minimum absolute atomic E-state index is 0.334. The Morgan fingerprint density at radius 1 is 1.40 bits per heavy atom. The third-order valence-electron chi connectivity index (χ3n) is 1.96. The van der Waals surface area contributed by atoms with Crippen molar-refractivity contribution in [1.82, 2.24) is 0 Å². The van der Waals surface area contributed by atoms with Crippen molar-refractivity contribution < 1.29 is 5.11 Å². The molecular weight excluding hydrogens is 124 g/mol. The van der Waals surface area contributed by atoms with Crippen molar-refractivity contribution >= 4 is 0 Å². The van der Waals surface area contributed by atoms with E-state index in [4.69, 9.17) is 0 Å². The molecular formula is C9H20O. The van der Waals surface area contributed by atoms with Crippen LogP contribution >= 0.6 is 0 Å². The van der Waals surface area contributed by atoms with Crippen molar-refractivity contribution in [1.29, 1.82) is 0 Å². The Balaban J connectivity index is 0.000000371. The van der Waals surface area contributed by atoms with Crippen LogP contribution in [0.4, 0.5) is 0 Å². The zero-order chi connectivity index (χ0) is 8.20. The molecule has 0 aromatic carbocycles. The lowest BCUT2D eigenvalue weighted by molar-refractivity contribution is 0.0644. The van der Waals surface area contributed by atoms with E-state index >= 15 is 0 Å². The molecule has 0 heterocycles. The van der Waals surface area contributed by atoms with Crippen molar-refractivity contribution in [2.45, 2.75) is 52.6 Å². The highest BCUT2D eigenvalue weighted by atomic mass is 16.3. The van der Waals surface area contributed by atoms with Crippen molar-refractivity contribution in [3.63, 3.8) is 0 Å². The summed E-state index contributed by atoms with van der Waals surface area (Å²) in [5, 5.41) is 9.36. The molecule has 0 radical (unpaired) electrons. The molecule has 1 N–H and O–H groups in total. The average Bonchev–Trinajstić information content (AvgIpc) is 2.15. The van der Waals surface area contributed by atoms with Crippen LogP contribution in [0.2, 0.25) is 0 Å². The van der Waals surface area contributed by atoms with Gasteiger partial charge < -0.3 is 5.11 Å². The highest BCUT2D eigenvalue weighted by Crippen LogP contribution is 2.33. The molecule has 0 bridgehead atoms. The van der Waals surface area contributed by atoms with Crippen LogP contribution in [-0.4, -0.2) is 10.7 Å². The molecule has 1 saturated carbocycles. The van der Waals surface area contributed by atoms with Crippen molar-refractivity contribution in [2.75, 3.05) is 0 Å². The van der Waals surface area contributed by atoms with Gasteiger partial charge in [0.1, 0.15) is 0 Å².